The van der Waals surface area contributed by atoms with Gasteiger partial charge in [0.1, 0.15) is 0 Å². The average molecular weight is 497 g/mol. The van der Waals surface area contributed by atoms with Gasteiger partial charge in [0.15, 0.2) is 5.11 Å². The summed E-state index contributed by atoms with van der Waals surface area (Å²) >= 11 is 11.7. The third-order valence-corrected chi connectivity index (χ3v) is 4.19. The molecule has 2 aromatic rings. The van der Waals surface area contributed by atoms with Crippen LogP contribution in [0.5, 0.6) is 0 Å². The molecule has 0 radical (unpaired) electrons. The van der Waals surface area contributed by atoms with Crippen molar-refractivity contribution in [1.82, 2.24) is 16.2 Å². The minimum absolute atomic E-state index is 0.0106. The van der Waals surface area contributed by atoms with E-state index in [1.165, 1.54) is 6.08 Å². The fourth-order valence-corrected chi connectivity index (χ4v) is 3.46. The summed E-state index contributed by atoms with van der Waals surface area (Å²) in [5, 5.41) is 2.47. The largest absolute Gasteiger partial charge is 0.298 e. The third kappa shape index (κ3) is 7.47. The van der Waals surface area contributed by atoms with E-state index in [-0.39, 0.29) is 17.4 Å². The van der Waals surface area contributed by atoms with E-state index in [1.54, 1.807) is 6.08 Å². The zero-order chi connectivity index (χ0) is 18.9. The fraction of sp³-hybridized carbons (Fsp3) is 0.0556. The van der Waals surface area contributed by atoms with Crippen LogP contribution in [0.15, 0.2) is 63.6 Å². The van der Waals surface area contributed by atoms with Crippen molar-refractivity contribution < 1.29 is 9.59 Å². The highest BCUT2D eigenvalue weighted by Gasteiger charge is 2.05. The number of hydrazine groups is 1. The summed E-state index contributed by atoms with van der Waals surface area (Å²) in [4.78, 5) is 23.7. The molecule has 0 saturated heterocycles. The molecule has 0 spiro atoms. The second kappa shape index (κ2) is 10.2. The predicted octanol–water partition coefficient (Wildman–Crippen LogP) is 3.49. The molecule has 0 aromatic heterocycles. The van der Waals surface area contributed by atoms with Crippen LogP contribution in [0, 0.1) is 0 Å². The topological polar surface area (TPSA) is 70.2 Å². The Balaban J connectivity index is 1.77. The van der Waals surface area contributed by atoms with E-state index < -0.39 is 5.91 Å². The second-order valence-corrected chi connectivity index (χ2v) is 7.43. The first-order valence-electron chi connectivity index (χ1n) is 7.50. The van der Waals surface area contributed by atoms with Crippen LogP contribution >= 0.6 is 44.1 Å². The van der Waals surface area contributed by atoms with Crippen LogP contribution < -0.4 is 16.2 Å². The van der Waals surface area contributed by atoms with Crippen molar-refractivity contribution in [3.63, 3.8) is 0 Å². The van der Waals surface area contributed by atoms with Gasteiger partial charge in [-0.3, -0.25) is 25.8 Å². The van der Waals surface area contributed by atoms with Gasteiger partial charge < -0.3 is 0 Å². The van der Waals surface area contributed by atoms with Crippen molar-refractivity contribution in [2.24, 2.45) is 0 Å². The quantitative estimate of drug-likeness (QED) is 0.344. The normalized spacial score (nSPS) is 10.4. The molecule has 2 amide bonds. The number of benzene rings is 2. The van der Waals surface area contributed by atoms with E-state index in [1.807, 2.05) is 48.5 Å². The number of rotatable bonds is 4. The van der Waals surface area contributed by atoms with Crippen LogP contribution in [0.2, 0.25) is 0 Å². The van der Waals surface area contributed by atoms with Crippen LogP contribution in [-0.4, -0.2) is 16.9 Å². The summed E-state index contributed by atoms with van der Waals surface area (Å²) < 4.78 is 1.79. The lowest BCUT2D eigenvalue weighted by atomic mass is 10.1. The highest BCUT2D eigenvalue weighted by atomic mass is 79.9. The molecule has 5 nitrogen and oxygen atoms in total. The Hall–Kier alpha value is -2.03. The van der Waals surface area contributed by atoms with Crippen LogP contribution in [0.25, 0.3) is 6.08 Å². The number of halogens is 2. The maximum Gasteiger partial charge on any atom is 0.250 e. The maximum absolute atomic E-state index is 11.9. The standard InChI is InChI=1S/C18H15Br2N3O2S/c19-14-8-13(9-15(20)11-14)6-7-16(24)21-18(26)23-22-17(25)10-12-4-2-1-3-5-12/h1-9,11H,10H2,(H,22,25)(H2,21,23,24,26)/b7-6+. The average Bonchev–Trinajstić information content (AvgIpc) is 2.58. The molecule has 0 aliphatic rings. The first kappa shape index (κ1) is 20.3. The lowest BCUT2D eigenvalue weighted by Crippen LogP contribution is -2.48. The summed E-state index contributed by atoms with van der Waals surface area (Å²) in [6.07, 6.45) is 3.22. The van der Waals surface area contributed by atoms with Crippen molar-refractivity contribution >= 4 is 67.1 Å². The van der Waals surface area contributed by atoms with Gasteiger partial charge in [-0.2, -0.15) is 0 Å². The summed E-state index contributed by atoms with van der Waals surface area (Å²) in [5.41, 5.74) is 6.67. The number of thiocarbonyl (C=S) groups is 1. The Morgan fingerprint density at radius 1 is 1.00 bits per heavy atom. The highest BCUT2D eigenvalue weighted by molar-refractivity contribution is 9.11. The molecular formula is C18H15Br2N3O2S. The molecule has 8 heteroatoms. The number of hydrogen-bond acceptors (Lipinski definition) is 3. The molecule has 0 unspecified atom stereocenters. The Labute approximate surface area is 173 Å². The Morgan fingerprint density at radius 3 is 2.31 bits per heavy atom. The smallest absolute Gasteiger partial charge is 0.250 e. The molecular weight excluding hydrogens is 482 g/mol. The van der Waals surface area contributed by atoms with E-state index in [0.29, 0.717) is 0 Å². The van der Waals surface area contributed by atoms with E-state index in [9.17, 15) is 9.59 Å². The molecule has 0 aliphatic heterocycles. The number of amides is 2. The lowest BCUT2D eigenvalue weighted by molar-refractivity contribution is -0.121. The third-order valence-electron chi connectivity index (χ3n) is 3.07. The number of carbonyl (C=O) groups is 2. The summed E-state index contributed by atoms with van der Waals surface area (Å²) in [5.74, 6) is -0.668. The molecule has 0 aliphatic carbocycles. The van der Waals surface area contributed by atoms with Crippen LogP contribution in [-0.2, 0) is 16.0 Å². The molecule has 2 rings (SSSR count). The minimum atomic E-state index is -0.407. The van der Waals surface area contributed by atoms with Gasteiger partial charge in [-0.15, -0.1) is 0 Å². The van der Waals surface area contributed by atoms with Gasteiger partial charge in [0, 0.05) is 15.0 Å². The number of hydrogen-bond donors (Lipinski definition) is 3. The van der Waals surface area contributed by atoms with Crippen LogP contribution in [0.1, 0.15) is 11.1 Å². The molecule has 0 fully saturated rings. The summed E-state index contributed by atoms with van der Waals surface area (Å²) in [7, 11) is 0. The monoisotopic (exact) mass is 495 g/mol. The molecule has 0 saturated carbocycles. The van der Waals surface area contributed by atoms with Gasteiger partial charge in [-0.25, -0.2) is 0 Å². The Kier molecular flexibility index (Phi) is 7.96. The number of carbonyl (C=O) groups excluding carboxylic acids is 2. The van der Waals surface area contributed by atoms with E-state index in [0.717, 1.165) is 20.1 Å². The first-order valence-corrected chi connectivity index (χ1v) is 9.50. The Morgan fingerprint density at radius 2 is 1.65 bits per heavy atom. The van der Waals surface area contributed by atoms with Gasteiger partial charge in [-0.05, 0) is 47.6 Å². The SMILES string of the molecule is O=C(/C=C/c1cc(Br)cc(Br)c1)NC(=S)NNC(=O)Cc1ccccc1. The maximum atomic E-state index is 11.9. The molecule has 134 valence electrons. The number of nitrogens with one attached hydrogen (secondary N) is 3. The van der Waals surface area contributed by atoms with Gasteiger partial charge >= 0.3 is 0 Å². The molecule has 2 aromatic carbocycles. The van der Waals surface area contributed by atoms with Crippen molar-refractivity contribution in [3.05, 3.63) is 74.7 Å². The first-order chi connectivity index (χ1) is 12.4. The van der Waals surface area contributed by atoms with Gasteiger partial charge in [0.25, 0.3) is 0 Å². The van der Waals surface area contributed by atoms with Gasteiger partial charge in [0.2, 0.25) is 11.8 Å². The van der Waals surface area contributed by atoms with Crippen LogP contribution in [0.4, 0.5) is 0 Å². The summed E-state index contributed by atoms with van der Waals surface area (Å²) in [6, 6.07) is 14.9. The van der Waals surface area contributed by atoms with Gasteiger partial charge in [-0.1, -0.05) is 62.2 Å². The molecule has 0 atom stereocenters. The lowest BCUT2D eigenvalue weighted by Gasteiger charge is -2.09. The zero-order valence-corrected chi connectivity index (χ0v) is 17.4. The fourth-order valence-electron chi connectivity index (χ4n) is 1.98. The zero-order valence-electron chi connectivity index (χ0n) is 13.5. The van der Waals surface area contributed by atoms with Gasteiger partial charge in [0.05, 0.1) is 6.42 Å². The molecule has 26 heavy (non-hydrogen) atoms. The summed E-state index contributed by atoms with van der Waals surface area (Å²) in [6.45, 7) is 0. The van der Waals surface area contributed by atoms with E-state index in [4.69, 9.17) is 12.2 Å². The van der Waals surface area contributed by atoms with E-state index in [2.05, 4.69) is 48.0 Å². The molecule has 0 bridgehead atoms. The van der Waals surface area contributed by atoms with Crippen LogP contribution in [0.3, 0.4) is 0 Å². The molecule has 3 N–H and O–H groups in total. The predicted molar refractivity (Wildman–Crippen MR) is 113 cm³/mol. The molecule has 0 heterocycles. The highest BCUT2D eigenvalue weighted by Crippen LogP contribution is 2.20. The second-order valence-electron chi connectivity index (χ2n) is 5.19. The van der Waals surface area contributed by atoms with E-state index >= 15 is 0 Å². The van der Waals surface area contributed by atoms with Crippen molar-refractivity contribution in [2.45, 2.75) is 6.42 Å². The minimum Gasteiger partial charge on any atom is -0.298 e. The van der Waals surface area contributed by atoms with Crippen molar-refractivity contribution in [2.75, 3.05) is 0 Å². The van der Waals surface area contributed by atoms with Crippen molar-refractivity contribution in [1.29, 1.82) is 0 Å². The van der Waals surface area contributed by atoms with Crippen molar-refractivity contribution in [3.8, 4) is 0 Å². The Bertz CT molecular complexity index is 821.